The van der Waals surface area contributed by atoms with Crippen LogP contribution < -0.4 is 14.8 Å². The first-order chi connectivity index (χ1) is 14.9. The topological polar surface area (TPSA) is 110 Å². The number of nitrogens with one attached hydrogen (secondary N) is 2. The van der Waals surface area contributed by atoms with Gasteiger partial charge in [0.25, 0.3) is 15.9 Å². The van der Waals surface area contributed by atoms with Crippen molar-refractivity contribution in [3.8, 4) is 5.75 Å². The zero-order valence-electron chi connectivity index (χ0n) is 16.9. The highest BCUT2D eigenvalue weighted by molar-refractivity contribution is 7.93. The van der Waals surface area contributed by atoms with Gasteiger partial charge in [-0.15, -0.1) is 16.8 Å². The number of carbonyl (C=O) groups is 1. The van der Waals surface area contributed by atoms with Crippen LogP contribution in [0.3, 0.4) is 0 Å². The predicted molar refractivity (Wildman–Crippen MR) is 121 cm³/mol. The Morgan fingerprint density at radius 1 is 1.16 bits per heavy atom. The van der Waals surface area contributed by atoms with Gasteiger partial charge in [0.05, 0.1) is 4.90 Å². The van der Waals surface area contributed by atoms with Crippen molar-refractivity contribution < 1.29 is 17.9 Å². The van der Waals surface area contributed by atoms with E-state index in [1.54, 1.807) is 12.1 Å². The van der Waals surface area contributed by atoms with Gasteiger partial charge in [0.15, 0.2) is 6.61 Å². The summed E-state index contributed by atoms with van der Waals surface area (Å²) in [4.78, 5) is 12.3. The second-order valence-electron chi connectivity index (χ2n) is 6.42. The Labute approximate surface area is 185 Å². The molecular formula is C21H22N4O4S2. The third-order valence-electron chi connectivity index (χ3n) is 4.13. The van der Waals surface area contributed by atoms with Gasteiger partial charge in [0.2, 0.25) is 5.13 Å². The van der Waals surface area contributed by atoms with E-state index in [0.717, 1.165) is 10.6 Å². The molecule has 0 saturated heterocycles. The molecule has 3 aromatic rings. The van der Waals surface area contributed by atoms with Crippen LogP contribution in [0.2, 0.25) is 0 Å². The van der Waals surface area contributed by atoms with Crippen LogP contribution in [0, 0.1) is 0 Å². The molecule has 8 nitrogen and oxygen atoms in total. The molecule has 0 unspecified atom stereocenters. The van der Waals surface area contributed by atoms with Crippen LogP contribution in [0.1, 0.15) is 17.5 Å². The second-order valence-corrected chi connectivity index (χ2v) is 9.17. The van der Waals surface area contributed by atoms with Crippen LogP contribution in [-0.2, 0) is 27.7 Å². The Balaban J connectivity index is 1.58. The highest BCUT2D eigenvalue weighted by atomic mass is 32.2. The Morgan fingerprint density at radius 3 is 2.58 bits per heavy atom. The minimum Gasteiger partial charge on any atom is -0.483 e. The maximum absolute atomic E-state index is 12.5. The zero-order valence-corrected chi connectivity index (χ0v) is 18.5. The summed E-state index contributed by atoms with van der Waals surface area (Å²) in [6.45, 7) is 5.45. The molecule has 2 aromatic carbocycles. The summed E-state index contributed by atoms with van der Waals surface area (Å²) >= 11 is 1.18. The molecule has 0 aliphatic carbocycles. The molecule has 0 saturated carbocycles. The number of para-hydroxylation sites is 1. The summed E-state index contributed by atoms with van der Waals surface area (Å²) in [7, 11) is -3.80. The fourth-order valence-corrected chi connectivity index (χ4v) is 4.55. The molecule has 1 aromatic heterocycles. The lowest BCUT2D eigenvalue weighted by atomic mass is 10.1. The van der Waals surface area contributed by atoms with Gasteiger partial charge in [0, 0.05) is 5.69 Å². The number of hydrogen-bond donors (Lipinski definition) is 2. The molecule has 1 amide bonds. The minimum atomic E-state index is -3.80. The van der Waals surface area contributed by atoms with E-state index < -0.39 is 10.0 Å². The van der Waals surface area contributed by atoms with Crippen molar-refractivity contribution in [2.45, 2.75) is 24.7 Å². The largest absolute Gasteiger partial charge is 0.483 e. The van der Waals surface area contributed by atoms with Gasteiger partial charge in [-0.05, 0) is 48.7 Å². The molecule has 0 spiro atoms. The number of carbonyl (C=O) groups excluding carboxylic acids is 1. The van der Waals surface area contributed by atoms with Crippen molar-refractivity contribution in [2.75, 3.05) is 16.6 Å². The maximum atomic E-state index is 12.5. The van der Waals surface area contributed by atoms with Crippen molar-refractivity contribution in [1.29, 1.82) is 0 Å². The zero-order chi connectivity index (χ0) is 22.3. The number of aromatic nitrogens is 2. The number of anilines is 2. The smallest absolute Gasteiger partial charge is 0.263 e. The number of hydrogen-bond acceptors (Lipinski definition) is 7. The van der Waals surface area contributed by atoms with Crippen molar-refractivity contribution >= 4 is 38.1 Å². The van der Waals surface area contributed by atoms with Crippen LogP contribution in [0.25, 0.3) is 0 Å². The standard InChI is InChI=1S/C21H22N4O4S2/c1-3-7-15-8-5-6-9-18(15)29-14-19(26)22-16-10-12-17(13-11-16)31(27,28)25-21-24-23-20(4-2)30-21/h3,5-6,8-13H,1,4,7,14H2,2H3,(H,22,26)(H,24,25). The quantitative estimate of drug-likeness (QED) is 0.449. The van der Waals surface area contributed by atoms with Gasteiger partial charge in [-0.25, -0.2) is 8.42 Å². The first-order valence-corrected chi connectivity index (χ1v) is 11.8. The fourth-order valence-electron chi connectivity index (χ4n) is 2.64. The Hall–Kier alpha value is -3.24. The lowest BCUT2D eigenvalue weighted by Crippen LogP contribution is -2.20. The molecule has 10 heteroatoms. The summed E-state index contributed by atoms with van der Waals surface area (Å²) in [5.74, 6) is 0.260. The summed E-state index contributed by atoms with van der Waals surface area (Å²) < 4.78 is 33.0. The highest BCUT2D eigenvalue weighted by Crippen LogP contribution is 2.22. The van der Waals surface area contributed by atoms with E-state index in [4.69, 9.17) is 4.74 Å². The molecule has 0 bridgehead atoms. The lowest BCUT2D eigenvalue weighted by Gasteiger charge is -2.11. The molecule has 162 valence electrons. The van der Waals surface area contributed by atoms with E-state index in [9.17, 15) is 13.2 Å². The van der Waals surface area contributed by atoms with Crippen LogP contribution >= 0.6 is 11.3 Å². The van der Waals surface area contributed by atoms with Gasteiger partial charge in [-0.1, -0.05) is 42.5 Å². The normalized spacial score (nSPS) is 11.0. The average molecular weight is 459 g/mol. The van der Waals surface area contributed by atoms with Crippen molar-refractivity contribution in [3.63, 3.8) is 0 Å². The summed E-state index contributed by atoms with van der Waals surface area (Å²) in [5.41, 5.74) is 1.39. The minimum absolute atomic E-state index is 0.0494. The fraction of sp³-hybridized carbons (Fsp3) is 0.190. The summed E-state index contributed by atoms with van der Waals surface area (Å²) in [5, 5.41) is 11.3. The number of sulfonamides is 1. The van der Waals surface area contributed by atoms with Gasteiger partial charge < -0.3 is 10.1 Å². The maximum Gasteiger partial charge on any atom is 0.263 e. The van der Waals surface area contributed by atoms with E-state index in [-0.39, 0.29) is 22.5 Å². The molecule has 0 fully saturated rings. The molecule has 0 atom stereocenters. The van der Waals surface area contributed by atoms with Crippen LogP contribution in [0.4, 0.5) is 10.8 Å². The van der Waals surface area contributed by atoms with Crippen LogP contribution in [0.15, 0.2) is 66.1 Å². The number of ether oxygens (including phenoxy) is 1. The third-order valence-corrected chi connectivity index (χ3v) is 6.60. The van der Waals surface area contributed by atoms with Gasteiger partial charge in [0.1, 0.15) is 10.8 Å². The number of allylic oxidation sites excluding steroid dienone is 1. The Morgan fingerprint density at radius 2 is 1.90 bits per heavy atom. The van der Waals surface area contributed by atoms with Crippen LogP contribution in [-0.4, -0.2) is 31.1 Å². The molecular weight excluding hydrogens is 436 g/mol. The highest BCUT2D eigenvalue weighted by Gasteiger charge is 2.17. The van der Waals surface area contributed by atoms with E-state index in [0.29, 0.717) is 24.3 Å². The van der Waals surface area contributed by atoms with Gasteiger partial charge in [-0.2, -0.15) is 0 Å². The molecule has 1 heterocycles. The first-order valence-electron chi connectivity index (χ1n) is 9.48. The molecule has 31 heavy (non-hydrogen) atoms. The van der Waals surface area contributed by atoms with Crippen molar-refractivity contribution in [1.82, 2.24) is 10.2 Å². The second kappa shape index (κ2) is 10.2. The average Bonchev–Trinajstić information content (AvgIpc) is 3.20. The lowest BCUT2D eigenvalue weighted by molar-refractivity contribution is -0.118. The van der Waals surface area contributed by atoms with E-state index in [2.05, 4.69) is 26.8 Å². The molecule has 0 aliphatic rings. The predicted octanol–water partition coefficient (Wildman–Crippen LogP) is 3.65. The first kappa shape index (κ1) is 22.4. The number of rotatable bonds is 10. The Bertz CT molecular complexity index is 1160. The van der Waals surface area contributed by atoms with E-state index >= 15 is 0 Å². The van der Waals surface area contributed by atoms with Crippen LogP contribution in [0.5, 0.6) is 5.75 Å². The van der Waals surface area contributed by atoms with Gasteiger partial charge >= 0.3 is 0 Å². The Kier molecular flexibility index (Phi) is 7.37. The number of aryl methyl sites for hydroxylation is 1. The third kappa shape index (κ3) is 6.12. The number of benzene rings is 2. The summed E-state index contributed by atoms with van der Waals surface area (Å²) in [6, 6.07) is 13.3. The molecule has 0 radical (unpaired) electrons. The molecule has 3 rings (SSSR count). The van der Waals surface area contributed by atoms with E-state index in [1.165, 1.54) is 35.6 Å². The monoisotopic (exact) mass is 458 g/mol. The molecule has 0 aliphatic heterocycles. The van der Waals surface area contributed by atoms with Crippen molar-refractivity contribution in [2.24, 2.45) is 0 Å². The number of amides is 1. The van der Waals surface area contributed by atoms with Gasteiger partial charge in [-0.3, -0.25) is 9.52 Å². The summed E-state index contributed by atoms with van der Waals surface area (Å²) in [6.07, 6.45) is 3.08. The van der Waals surface area contributed by atoms with Crippen molar-refractivity contribution in [3.05, 3.63) is 71.8 Å². The SMILES string of the molecule is C=CCc1ccccc1OCC(=O)Nc1ccc(S(=O)(=O)Nc2nnc(CC)s2)cc1. The van der Waals surface area contributed by atoms with E-state index in [1.807, 2.05) is 25.1 Å². The molecule has 2 N–H and O–H groups in total. The number of nitrogens with zero attached hydrogens (tertiary/aromatic N) is 2.